The van der Waals surface area contributed by atoms with Gasteiger partial charge in [0.05, 0.1) is 41.9 Å². The van der Waals surface area contributed by atoms with Crippen LogP contribution in [0, 0.1) is 5.92 Å². The fourth-order valence-corrected chi connectivity index (χ4v) is 4.46. The van der Waals surface area contributed by atoms with E-state index in [0.717, 1.165) is 0 Å². The Morgan fingerprint density at radius 3 is 1.91 bits per heavy atom. The first-order valence-corrected chi connectivity index (χ1v) is 11.3. The molecule has 1 aliphatic heterocycles. The lowest BCUT2D eigenvalue weighted by molar-refractivity contribution is -0.152. The van der Waals surface area contributed by atoms with E-state index < -0.39 is 42.3 Å². The number of carbonyl (C=O) groups excluding carboxylic acids is 4. The summed E-state index contributed by atoms with van der Waals surface area (Å²) in [6.07, 6.45) is 0. The summed E-state index contributed by atoms with van der Waals surface area (Å²) in [5, 5.41) is 1.92. The highest BCUT2D eigenvalue weighted by atomic mass is 35.5. The van der Waals surface area contributed by atoms with Gasteiger partial charge in [0.2, 0.25) is 0 Å². The summed E-state index contributed by atoms with van der Waals surface area (Å²) in [6, 6.07) is 5.14. The van der Waals surface area contributed by atoms with Gasteiger partial charge in [-0.3, -0.25) is 19.3 Å². The molecule has 0 radical (unpaired) electrons. The number of benzene rings is 2. The number of esters is 1. The monoisotopic (exact) mass is 550 g/mol. The number of nitrogens with zero attached hydrogens (tertiary/aromatic N) is 1. The number of carbonyl (C=O) groups is 4. The number of halogens is 5. The number of imide groups is 1. The van der Waals surface area contributed by atoms with Gasteiger partial charge in [0, 0.05) is 0 Å². The predicted octanol–water partition coefficient (Wildman–Crippen LogP) is 5.76. The minimum absolute atomic E-state index is 0.190. The smallest absolute Gasteiger partial charge is 0.330 e. The molecule has 12 heteroatoms. The third-order valence-corrected chi connectivity index (χ3v) is 6.91. The minimum atomic E-state index is -1.37. The fourth-order valence-electron chi connectivity index (χ4n) is 3.27. The molecule has 0 fully saturated rings. The maximum Gasteiger partial charge on any atom is 0.330 e. The van der Waals surface area contributed by atoms with Gasteiger partial charge >= 0.3 is 5.97 Å². The van der Waals surface area contributed by atoms with Crippen molar-refractivity contribution < 1.29 is 23.9 Å². The van der Waals surface area contributed by atoms with Crippen molar-refractivity contribution in [3.05, 3.63) is 60.5 Å². The predicted molar refractivity (Wildman–Crippen MR) is 127 cm³/mol. The first kappa shape index (κ1) is 25.6. The van der Waals surface area contributed by atoms with Crippen LogP contribution in [0.4, 0.5) is 5.69 Å². The number of rotatable bonds is 6. The molecule has 3 rings (SSSR count). The summed E-state index contributed by atoms with van der Waals surface area (Å²) >= 11 is 30.3. The highest BCUT2D eigenvalue weighted by molar-refractivity contribution is 6.55. The third kappa shape index (κ3) is 4.79. The van der Waals surface area contributed by atoms with E-state index in [2.05, 4.69) is 5.32 Å². The van der Waals surface area contributed by atoms with Crippen molar-refractivity contribution in [1.29, 1.82) is 0 Å². The molecular formula is C21H15Cl5N2O5. The molecule has 7 nitrogen and oxygen atoms in total. The lowest BCUT2D eigenvalue weighted by Crippen LogP contribution is -2.49. The maximum absolute atomic E-state index is 13.1. The maximum atomic E-state index is 13.1. The molecular weight excluding hydrogens is 538 g/mol. The second kappa shape index (κ2) is 10.1. The molecule has 0 bridgehead atoms. The van der Waals surface area contributed by atoms with Crippen LogP contribution in [-0.4, -0.2) is 41.2 Å². The molecule has 1 atom stereocenters. The second-order valence-electron chi connectivity index (χ2n) is 7.31. The van der Waals surface area contributed by atoms with Crippen molar-refractivity contribution in [2.75, 3.05) is 11.9 Å². The largest absolute Gasteiger partial charge is 0.454 e. The average Bonchev–Trinajstić information content (AvgIpc) is 3.01. The van der Waals surface area contributed by atoms with Crippen LogP contribution in [0.1, 0.15) is 34.6 Å². The number of para-hydroxylation sites is 1. The zero-order valence-electron chi connectivity index (χ0n) is 17.0. The van der Waals surface area contributed by atoms with Gasteiger partial charge in [0.15, 0.2) is 6.61 Å². The Bertz CT molecular complexity index is 1140. The molecule has 2 aromatic rings. The van der Waals surface area contributed by atoms with Gasteiger partial charge in [-0.2, -0.15) is 0 Å². The van der Waals surface area contributed by atoms with Crippen LogP contribution < -0.4 is 5.32 Å². The van der Waals surface area contributed by atoms with Crippen LogP contribution in [0.3, 0.4) is 0 Å². The molecule has 1 N–H and O–H groups in total. The van der Waals surface area contributed by atoms with Crippen molar-refractivity contribution in [2.24, 2.45) is 5.92 Å². The van der Waals surface area contributed by atoms with Gasteiger partial charge in [-0.25, -0.2) is 4.79 Å². The summed E-state index contributed by atoms with van der Waals surface area (Å²) in [5.41, 5.74) is -0.175. The first-order valence-electron chi connectivity index (χ1n) is 9.42. The number of ether oxygens (including phenoxy) is 1. The number of anilines is 1. The van der Waals surface area contributed by atoms with Gasteiger partial charge < -0.3 is 10.1 Å². The Morgan fingerprint density at radius 2 is 1.42 bits per heavy atom. The van der Waals surface area contributed by atoms with Crippen LogP contribution in [0.15, 0.2) is 24.3 Å². The van der Waals surface area contributed by atoms with Crippen LogP contribution in [0.5, 0.6) is 0 Å². The van der Waals surface area contributed by atoms with Crippen LogP contribution >= 0.6 is 58.0 Å². The topological polar surface area (TPSA) is 92.8 Å². The lowest BCUT2D eigenvalue weighted by atomic mass is 10.0. The van der Waals surface area contributed by atoms with E-state index >= 15 is 0 Å². The SMILES string of the molecule is CC(C)C(C(=O)OCC(=O)Nc1ccccc1Cl)N1C(=O)c2c(Cl)c(Cl)c(Cl)c(Cl)c2C1=O. The van der Waals surface area contributed by atoms with Crippen molar-refractivity contribution in [1.82, 2.24) is 4.90 Å². The van der Waals surface area contributed by atoms with Gasteiger partial charge in [-0.05, 0) is 18.1 Å². The molecule has 2 aromatic carbocycles. The molecule has 1 aliphatic rings. The van der Waals surface area contributed by atoms with Gasteiger partial charge in [-0.1, -0.05) is 84.0 Å². The van der Waals surface area contributed by atoms with Gasteiger partial charge in [-0.15, -0.1) is 0 Å². The van der Waals surface area contributed by atoms with Crippen molar-refractivity contribution in [3.8, 4) is 0 Å². The number of amides is 3. The normalized spacial score (nSPS) is 13.9. The van der Waals surface area contributed by atoms with E-state index in [9.17, 15) is 19.2 Å². The number of fused-ring (bicyclic) bond motifs is 1. The fraction of sp³-hybridized carbons (Fsp3) is 0.238. The summed E-state index contributed by atoms with van der Waals surface area (Å²) in [6.45, 7) is 2.53. The summed E-state index contributed by atoms with van der Waals surface area (Å²) in [7, 11) is 0. The molecule has 0 aliphatic carbocycles. The Morgan fingerprint density at radius 1 is 0.909 bits per heavy atom. The number of hydrogen-bond donors (Lipinski definition) is 1. The molecule has 174 valence electrons. The summed E-state index contributed by atoms with van der Waals surface area (Å²) in [4.78, 5) is 51.9. The van der Waals surface area contributed by atoms with E-state index in [-0.39, 0.29) is 31.2 Å². The number of hydrogen-bond acceptors (Lipinski definition) is 5. The Labute approximate surface area is 213 Å². The standard InChI is InChI=1S/C21H15Cl5N2O5/c1-8(2)18(21(32)33-7-11(29)27-10-6-4-3-5-9(10)22)28-19(30)12-13(20(28)31)15(24)17(26)16(25)14(12)23/h3-6,8,18H,7H2,1-2H3,(H,27,29). The highest BCUT2D eigenvalue weighted by Crippen LogP contribution is 2.45. The van der Waals surface area contributed by atoms with E-state index in [1.807, 2.05) is 0 Å². The van der Waals surface area contributed by atoms with E-state index in [1.165, 1.54) is 0 Å². The third-order valence-electron chi connectivity index (χ3n) is 4.78. The Balaban J connectivity index is 1.82. The van der Waals surface area contributed by atoms with Gasteiger partial charge in [0.25, 0.3) is 17.7 Å². The first-order chi connectivity index (χ1) is 15.5. The van der Waals surface area contributed by atoms with E-state index in [1.54, 1.807) is 38.1 Å². The van der Waals surface area contributed by atoms with E-state index in [0.29, 0.717) is 15.6 Å². The average molecular weight is 553 g/mol. The second-order valence-corrected chi connectivity index (χ2v) is 9.23. The van der Waals surface area contributed by atoms with Crippen LogP contribution in [0.2, 0.25) is 25.1 Å². The molecule has 0 saturated heterocycles. The van der Waals surface area contributed by atoms with Gasteiger partial charge in [0.1, 0.15) is 6.04 Å². The molecule has 0 aromatic heterocycles. The van der Waals surface area contributed by atoms with E-state index in [4.69, 9.17) is 62.7 Å². The molecule has 1 heterocycles. The quantitative estimate of drug-likeness (QED) is 0.213. The van der Waals surface area contributed by atoms with Crippen LogP contribution in [-0.2, 0) is 14.3 Å². The Kier molecular flexibility index (Phi) is 7.81. The minimum Gasteiger partial charge on any atom is -0.454 e. The lowest BCUT2D eigenvalue weighted by Gasteiger charge is -2.27. The molecule has 0 spiro atoms. The Hall–Kier alpha value is -2.03. The van der Waals surface area contributed by atoms with Crippen molar-refractivity contribution >= 4 is 87.4 Å². The summed E-state index contributed by atoms with van der Waals surface area (Å²) in [5.74, 6) is -3.97. The zero-order valence-corrected chi connectivity index (χ0v) is 20.8. The molecule has 0 saturated carbocycles. The molecule has 3 amide bonds. The van der Waals surface area contributed by atoms with Crippen molar-refractivity contribution in [3.63, 3.8) is 0 Å². The zero-order chi connectivity index (χ0) is 24.6. The number of nitrogens with one attached hydrogen (secondary N) is 1. The summed E-state index contributed by atoms with van der Waals surface area (Å²) < 4.78 is 5.10. The molecule has 1 unspecified atom stereocenters. The van der Waals surface area contributed by atoms with Crippen molar-refractivity contribution in [2.45, 2.75) is 19.9 Å². The van der Waals surface area contributed by atoms with Crippen LogP contribution in [0.25, 0.3) is 0 Å². The highest BCUT2D eigenvalue weighted by Gasteiger charge is 2.48. The molecule has 33 heavy (non-hydrogen) atoms.